The molecule has 0 aliphatic heterocycles. The van der Waals surface area contributed by atoms with Crippen molar-refractivity contribution >= 4 is 23.2 Å². The lowest BCUT2D eigenvalue weighted by molar-refractivity contribution is -0.137. The molecule has 0 aliphatic rings. The molecule has 11 heteroatoms. The number of aromatic nitrogens is 3. The molecular formula is C20H17ClF4N4O2. The van der Waals surface area contributed by atoms with Crippen LogP contribution in [0.25, 0.3) is 0 Å². The number of benzene rings is 2. The van der Waals surface area contributed by atoms with Crippen molar-refractivity contribution in [1.82, 2.24) is 14.1 Å². The van der Waals surface area contributed by atoms with E-state index in [1.807, 2.05) is 0 Å². The van der Waals surface area contributed by atoms with Gasteiger partial charge in [0.2, 0.25) is 5.95 Å². The van der Waals surface area contributed by atoms with Gasteiger partial charge < -0.3 is 5.32 Å². The van der Waals surface area contributed by atoms with Crippen LogP contribution in [-0.2, 0) is 12.7 Å². The lowest BCUT2D eigenvalue weighted by atomic mass is 10.2. The zero-order valence-corrected chi connectivity index (χ0v) is 17.1. The molecule has 0 aliphatic carbocycles. The number of nitrogens with zero attached hydrogens (tertiary/aromatic N) is 3. The zero-order chi connectivity index (χ0) is 22.9. The molecule has 0 atom stereocenters. The fourth-order valence-corrected chi connectivity index (χ4v) is 3.13. The van der Waals surface area contributed by atoms with Gasteiger partial charge in [-0.2, -0.15) is 18.2 Å². The van der Waals surface area contributed by atoms with Gasteiger partial charge in [-0.3, -0.25) is 4.57 Å². The normalized spacial score (nSPS) is 11.7. The summed E-state index contributed by atoms with van der Waals surface area (Å²) >= 11 is 5.64. The molecule has 31 heavy (non-hydrogen) atoms. The van der Waals surface area contributed by atoms with E-state index in [4.69, 9.17) is 11.6 Å². The lowest BCUT2D eigenvalue weighted by Gasteiger charge is -2.18. The fraction of sp³-hybridized carbons (Fsp3) is 0.250. The van der Waals surface area contributed by atoms with E-state index < -0.39 is 40.0 Å². The molecule has 1 aromatic heterocycles. The van der Waals surface area contributed by atoms with E-state index in [9.17, 15) is 27.2 Å². The summed E-state index contributed by atoms with van der Waals surface area (Å²) in [5.74, 6) is -0.729. The molecule has 0 fully saturated rings. The van der Waals surface area contributed by atoms with Crippen LogP contribution in [0, 0.1) is 5.82 Å². The summed E-state index contributed by atoms with van der Waals surface area (Å²) in [5.41, 5.74) is -2.20. The number of anilines is 2. The van der Waals surface area contributed by atoms with Crippen LogP contribution in [0.1, 0.15) is 31.0 Å². The van der Waals surface area contributed by atoms with E-state index in [-0.39, 0.29) is 18.2 Å². The number of nitrogens with one attached hydrogen (secondary N) is 1. The second-order valence-corrected chi connectivity index (χ2v) is 7.40. The summed E-state index contributed by atoms with van der Waals surface area (Å²) in [6.45, 7) is 3.14. The Morgan fingerprint density at radius 1 is 1.10 bits per heavy atom. The Bertz CT molecular complexity index is 1220. The quantitative estimate of drug-likeness (QED) is 0.570. The minimum atomic E-state index is -4.70. The maximum atomic E-state index is 13.2. The van der Waals surface area contributed by atoms with Crippen molar-refractivity contribution in [3.05, 3.63) is 85.4 Å². The first kappa shape index (κ1) is 22.5. The smallest absolute Gasteiger partial charge is 0.325 e. The van der Waals surface area contributed by atoms with Gasteiger partial charge in [-0.05, 0) is 49.7 Å². The monoisotopic (exact) mass is 456 g/mol. The Hall–Kier alpha value is -3.14. The van der Waals surface area contributed by atoms with Crippen molar-refractivity contribution in [3.8, 4) is 0 Å². The second-order valence-electron chi connectivity index (χ2n) is 6.99. The van der Waals surface area contributed by atoms with Gasteiger partial charge in [0.25, 0.3) is 0 Å². The van der Waals surface area contributed by atoms with Gasteiger partial charge in [-0.15, -0.1) is 0 Å². The summed E-state index contributed by atoms with van der Waals surface area (Å²) in [6, 6.07) is 7.85. The average molecular weight is 457 g/mol. The lowest BCUT2D eigenvalue weighted by Crippen LogP contribution is -2.43. The number of hydrogen-bond acceptors (Lipinski definition) is 4. The van der Waals surface area contributed by atoms with Crippen molar-refractivity contribution in [3.63, 3.8) is 0 Å². The molecule has 164 valence electrons. The van der Waals surface area contributed by atoms with Gasteiger partial charge >= 0.3 is 17.6 Å². The molecule has 6 nitrogen and oxygen atoms in total. The van der Waals surface area contributed by atoms with Gasteiger partial charge in [0, 0.05) is 11.7 Å². The molecule has 1 heterocycles. The molecule has 0 amide bonds. The highest BCUT2D eigenvalue weighted by Gasteiger charge is 2.33. The van der Waals surface area contributed by atoms with Crippen LogP contribution >= 0.6 is 11.6 Å². The summed E-state index contributed by atoms with van der Waals surface area (Å²) in [7, 11) is 0. The van der Waals surface area contributed by atoms with Crippen LogP contribution in [0.15, 0.2) is 52.1 Å². The molecule has 1 N–H and O–H groups in total. The molecule has 0 radical (unpaired) electrons. The molecule has 2 aromatic carbocycles. The topological polar surface area (TPSA) is 68.9 Å². The van der Waals surface area contributed by atoms with Gasteiger partial charge in [0.05, 0.1) is 17.1 Å². The molecule has 0 saturated carbocycles. The van der Waals surface area contributed by atoms with Crippen molar-refractivity contribution in [2.24, 2.45) is 0 Å². The number of hydrogen-bond donors (Lipinski definition) is 1. The summed E-state index contributed by atoms with van der Waals surface area (Å²) < 4.78 is 54.7. The molecular weight excluding hydrogens is 440 g/mol. The van der Waals surface area contributed by atoms with Crippen LogP contribution in [0.4, 0.5) is 29.2 Å². The first-order valence-corrected chi connectivity index (χ1v) is 9.46. The van der Waals surface area contributed by atoms with Crippen LogP contribution < -0.4 is 16.7 Å². The zero-order valence-electron chi connectivity index (χ0n) is 16.4. The van der Waals surface area contributed by atoms with Gasteiger partial charge in [-0.1, -0.05) is 23.7 Å². The Balaban J connectivity index is 2.12. The predicted molar refractivity (Wildman–Crippen MR) is 108 cm³/mol. The molecule has 3 rings (SSSR count). The summed E-state index contributed by atoms with van der Waals surface area (Å²) in [4.78, 5) is 29.2. The van der Waals surface area contributed by atoms with Crippen molar-refractivity contribution in [2.75, 3.05) is 5.32 Å². The third kappa shape index (κ3) is 4.96. The second kappa shape index (κ2) is 8.54. The van der Waals surface area contributed by atoms with Crippen molar-refractivity contribution in [2.45, 2.75) is 32.6 Å². The van der Waals surface area contributed by atoms with Crippen molar-refractivity contribution in [1.29, 1.82) is 0 Å². The summed E-state index contributed by atoms with van der Waals surface area (Å²) in [6.07, 6.45) is -4.70. The molecule has 0 unspecified atom stereocenters. The third-order valence-corrected chi connectivity index (χ3v) is 4.73. The van der Waals surface area contributed by atoms with E-state index >= 15 is 0 Å². The fourth-order valence-electron chi connectivity index (χ4n) is 2.91. The average Bonchev–Trinajstić information content (AvgIpc) is 2.66. The number of halogens is 5. The Morgan fingerprint density at radius 3 is 2.32 bits per heavy atom. The highest BCUT2D eigenvalue weighted by atomic mass is 35.5. The van der Waals surface area contributed by atoms with Gasteiger partial charge in [-0.25, -0.2) is 18.5 Å². The van der Waals surface area contributed by atoms with E-state index in [0.717, 1.165) is 21.3 Å². The third-order valence-electron chi connectivity index (χ3n) is 4.40. The van der Waals surface area contributed by atoms with Crippen LogP contribution in [0.3, 0.4) is 0 Å². The van der Waals surface area contributed by atoms with E-state index in [1.165, 1.54) is 30.3 Å². The maximum Gasteiger partial charge on any atom is 0.417 e. The van der Waals surface area contributed by atoms with Crippen molar-refractivity contribution < 1.29 is 17.6 Å². The highest BCUT2D eigenvalue weighted by molar-refractivity contribution is 6.31. The first-order chi connectivity index (χ1) is 14.5. The SMILES string of the molecule is CC(C)n1c(=O)nc(Nc2ccc(Cl)c(C(F)(F)F)c2)n(Cc2ccc(F)cc2)c1=O. The summed E-state index contributed by atoms with van der Waals surface area (Å²) in [5, 5.41) is 2.10. The van der Waals surface area contributed by atoms with Crippen LogP contribution in [0.2, 0.25) is 5.02 Å². The predicted octanol–water partition coefficient (Wildman–Crippen LogP) is 4.59. The highest BCUT2D eigenvalue weighted by Crippen LogP contribution is 2.36. The van der Waals surface area contributed by atoms with Crippen LogP contribution in [-0.4, -0.2) is 14.1 Å². The standard InChI is InChI=1S/C20H17ClF4N4O2/c1-11(2)29-18(30)27-17(26-14-7-8-16(21)15(9-14)20(23,24)25)28(19(29)31)10-12-3-5-13(22)6-4-12/h3-9,11H,10H2,1-2H3,(H,26,27,30). The van der Waals surface area contributed by atoms with E-state index in [1.54, 1.807) is 13.8 Å². The Kier molecular flexibility index (Phi) is 6.21. The van der Waals surface area contributed by atoms with Crippen LogP contribution in [0.5, 0.6) is 0 Å². The Morgan fingerprint density at radius 2 is 1.74 bits per heavy atom. The largest absolute Gasteiger partial charge is 0.417 e. The minimum Gasteiger partial charge on any atom is -0.325 e. The van der Waals surface area contributed by atoms with Gasteiger partial charge in [0.15, 0.2) is 0 Å². The van der Waals surface area contributed by atoms with E-state index in [2.05, 4.69) is 10.3 Å². The number of alkyl halides is 3. The molecule has 0 spiro atoms. The minimum absolute atomic E-state index is 0.0711. The maximum absolute atomic E-state index is 13.2. The Labute approximate surface area is 178 Å². The van der Waals surface area contributed by atoms with Gasteiger partial charge in [0.1, 0.15) is 5.82 Å². The molecule has 0 bridgehead atoms. The van der Waals surface area contributed by atoms with E-state index in [0.29, 0.717) is 5.56 Å². The number of rotatable bonds is 5. The molecule has 3 aromatic rings. The first-order valence-electron chi connectivity index (χ1n) is 9.09. The molecule has 0 saturated heterocycles.